The summed E-state index contributed by atoms with van der Waals surface area (Å²) in [5.41, 5.74) is 1.31. The lowest BCUT2D eigenvalue weighted by Gasteiger charge is -2.36. The van der Waals surface area contributed by atoms with E-state index in [0.717, 1.165) is 6.54 Å². The predicted molar refractivity (Wildman–Crippen MR) is 55.5 cm³/mol. The first-order chi connectivity index (χ1) is 6.66. The Kier molecular flexibility index (Phi) is 2.56. The standard InChI is InChI=1S/C10H13NO2S/c1-7-2-3-14-9(7)6-11-4-8(5-11)10(12)13/h2-3,8H,4-6H2,1H3,(H,12,13). The number of likely N-dealkylation sites (tertiary alicyclic amines) is 1. The van der Waals surface area contributed by atoms with Gasteiger partial charge in [-0.25, -0.2) is 0 Å². The average Bonchev–Trinajstić information content (AvgIpc) is 2.42. The van der Waals surface area contributed by atoms with E-state index in [1.807, 2.05) is 0 Å². The van der Waals surface area contributed by atoms with Gasteiger partial charge in [-0.3, -0.25) is 9.69 Å². The van der Waals surface area contributed by atoms with Crippen LogP contribution in [-0.4, -0.2) is 29.1 Å². The summed E-state index contributed by atoms with van der Waals surface area (Å²) in [6, 6.07) is 2.11. The van der Waals surface area contributed by atoms with Gasteiger partial charge < -0.3 is 5.11 Å². The first-order valence-electron chi connectivity index (χ1n) is 4.65. The van der Waals surface area contributed by atoms with Crippen molar-refractivity contribution < 1.29 is 9.90 Å². The molecule has 2 heterocycles. The van der Waals surface area contributed by atoms with E-state index in [1.165, 1.54) is 10.4 Å². The predicted octanol–water partition coefficient (Wildman–Crippen LogP) is 1.57. The molecule has 2 rings (SSSR count). The molecule has 1 aliphatic heterocycles. The van der Waals surface area contributed by atoms with Crippen molar-refractivity contribution >= 4 is 17.3 Å². The zero-order chi connectivity index (χ0) is 10.1. The number of aryl methyl sites for hydroxylation is 1. The molecule has 14 heavy (non-hydrogen) atoms. The molecule has 0 atom stereocenters. The lowest BCUT2D eigenvalue weighted by Crippen LogP contribution is -2.49. The van der Waals surface area contributed by atoms with Gasteiger partial charge in [-0.15, -0.1) is 11.3 Å². The second kappa shape index (κ2) is 3.71. The SMILES string of the molecule is Cc1ccsc1CN1CC(C(=O)O)C1. The van der Waals surface area contributed by atoms with E-state index in [4.69, 9.17) is 5.11 Å². The largest absolute Gasteiger partial charge is 0.481 e. The van der Waals surface area contributed by atoms with Gasteiger partial charge in [0.2, 0.25) is 0 Å². The average molecular weight is 211 g/mol. The maximum atomic E-state index is 10.6. The molecular formula is C10H13NO2S. The molecule has 3 nitrogen and oxygen atoms in total. The van der Waals surface area contributed by atoms with E-state index in [2.05, 4.69) is 23.3 Å². The highest BCUT2D eigenvalue weighted by Gasteiger charge is 2.32. The third kappa shape index (κ3) is 1.81. The molecule has 4 heteroatoms. The van der Waals surface area contributed by atoms with Gasteiger partial charge in [0, 0.05) is 24.5 Å². The lowest BCUT2D eigenvalue weighted by molar-refractivity contribution is -0.147. The van der Waals surface area contributed by atoms with Crippen LogP contribution in [0.15, 0.2) is 11.4 Å². The third-order valence-electron chi connectivity index (χ3n) is 2.64. The molecule has 0 saturated carbocycles. The van der Waals surface area contributed by atoms with Crippen molar-refractivity contribution in [2.75, 3.05) is 13.1 Å². The van der Waals surface area contributed by atoms with E-state index >= 15 is 0 Å². The number of aliphatic carboxylic acids is 1. The van der Waals surface area contributed by atoms with Crippen molar-refractivity contribution in [3.63, 3.8) is 0 Å². The van der Waals surface area contributed by atoms with Crippen LogP contribution in [0, 0.1) is 12.8 Å². The minimum Gasteiger partial charge on any atom is -0.481 e. The zero-order valence-corrected chi connectivity index (χ0v) is 8.88. The van der Waals surface area contributed by atoms with Crippen molar-refractivity contribution in [1.82, 2.24) is 4.90 Å². The summed E-state index contributed by atoms with van der Waals surface area (Å²) >= 11 is 1.75. The third-order valence-corrected chi connectivity index (χ3v) is 3.65. The van der Waals surface area contributed by atoms with Crippen LogP contribution in [0.2, 0.25) is 0 Å². The molecule has 0 radical (unpaired) electrons. The number of carbonyl (C=O) groups is 1. The number of hydrogen-bond donors (Lipinski definition) is 1. The van der Waals surface area contributed by atoms with E-state index in [0.29, 0.717) is 13.1 Å². The van der Waals surface area contributed by atoms with Gasteiger partial charge in [0.05, 0.1) is 5.92 Å². The quantitative estimate of drug-likeness (QED) is 0.825. The maximum absolute atomic E-state index is 10.6. The number of carboxylic acid groups (broad SMARTS) is 1. The minimum absolute atomic E-state index is 0.143. The summed E-state index contributed by atoms with van der Waals surface area (Å²) < 4.78 is 0. The van der Waals surface area contributed by atoms with Crippen LogP contribution in [0.1, 0.15) is 10.4 Å². The molecule has 0 unspecified atom stereocenters. The summed E-state index contributed by atoms with van der Waals surface area (Å²) in [6.07, 6.45) is 0. The van der Waals surface area contributed by atoms with E-state index < -0.39 is 5.97 Å². The van der Waals surface area contributed by atoms with Crippen LogP contribution in [0.25, 0.3) is 0 Å². The molecule has 1 aliphatic rings. The van der Waals surface area contributed by atoms with Gasteiger partial charge >= 0.3 is 5.97 Å². The highest BCUT2D eigenvalue weighted by Crippen LogP contribution is 2.23. The smallest absolute Gasteiger partial charge is 0.309 e. The molecule has 0 amide bonds. The number of rotatable bonds is 3. The molecule has 0 bridgehead atoms. The molecule has 0 aromatic carbocycles. The van der Waals surface area contributed by atoms with Crippen molar-refractivity contribution in [3.8, 4) is 0 Å². The second-order valence-corrected chi connectivity index (χ2v) is 4.76. The molecule has 1 aromatic heterocycles. The fourth-order valence-electron chi connectivity index (χ4n) is 1.62. The van der Waals surface area contributed by atoms with Gasteiger partial charge in [0.1, 0.15) is 0 Å². The van der Waals surface area contributed by atoms with Gasteiger partial charge in [0.15, 0.2) is 0 Å². The number of hydrogen-bond acceptors (Lipinski definition) is 3. The normalized spacial score (nSPS) is 18.1. The fraction of sp³-hybridized carbons (Fsp3) is 0.500. The Morgan fingerprint density at radius 3 is 2.93 bits per heavy atom. The number of nitrogens with zero attached hydrogens (tertiary/aromatic N) is 1. The van der Waals surface area contributed by atoms with Gasteiger partial charge in [-0.2, -0.15) is 0 Å². The van der Waals surface area contributed by atoms with Crippen LogP contribution in [-0.2, 0) is 11.3 Å². The molecular weight excluding hydrogens is 198 g/mol. The van der Waals surface area contributed by atoms with Crippen molar-refractivity contribution in [1.29, 1.82) is 0 Å². The molecule has 1 saturated heterocycles. The Morgan fingerprint density at radius 1 is 1.71 bits per heavy atom. The first-order valence-corrected chi connectivity index (χ1v) is 5.53. The van der Waals surface area contributed by atoms with Crippen molar-refractivity contribution in [2.24, 2.45) is 5.92 Å². The van der Waals surface area contributed by atoms with Crippen LogP contribution in [0.3, 0.4) is 0 Å². The minimum atomic E-state index is -0.663. The summed E-state index contributed by atoms with van der Waals surface area (Å²) in [4.78, 5) is 14.1. The number of thiophene rings is 1. The fourth-order valence-corrected chi connectivity index (χ4v) is 2.57. The van der Waals surface area contributed by atoms with Crippen molar-refractivity contribution in [3.05, 3.63) is 21.9 Å². The Bertz CT molecular complexity index is 342. The monoisotopic (exact) mass is 211 g/mol. The second-order valence-electron chi connectivity index (χ2n) is 3.76. The zero-order valence-electron chi connectivity index (χ0n) is 8.06. The molecule has 0 aliphatic carbocycles. The highest BCUT2D eigenvalue weighted by molar-refractivity contribution is 7.10. The lowest BCUT2D eigenvalue weighted by atomic mass is 10.0. The molecule has 1 fully saturated rings. The van der Waals surface area contributed by atoms with Crippen LogP contribution in [0.5, 0.6) is 0 Å². The van der Waals surface area contributed by atoms with Gasteiger partial charge in [0.25, 0.3) is 0 Å². The summed E-state index contributed by atoms with van der Waals surface area (Å²) in [5.74, 6) is -0.806. The van der Waals surface area contributed by atoms with Gasteiger partial charge in [-0.1, -0.05) is 0 Å². The Morgan fingerprint density at radius 2 is 2.43 bits per heavy atom. The van der Waals surface area contributed by atoms with E-state index in [1.54, 1.807) is 11.3 Å². The Labute approximate surface area is 87.0 Å². The number of carboxylic acids is 1. The first kappa shape index (κ1) is 9.68. The van der Waals surface area contributed by atoms with Crippen LogP contribution >= 0.6 is 11.3 Å². The summed E-state index contributed by atoms with van der Waals surface area (Å²) in [6.45, 7) is 4.41. The van der Waals surface area contributed by atoms with Crippen LogP contribution in [0.4, 0.5) is 0 Å². The molecule has 1 aromatic rings. The topological polar surface area (TPSA) is 40.5 Å². The highest BCUT2D eigenvalue weighted by atomic mass is 32.1. The van der Waals surface area contributed by atoms with Crippen molar-refractivity contribution in [2.45, 2.75) is 13.5 Å². The molecule has 1 N–H and O–H groups in total. The van der Waals surface area contributed by atoms with Gasteiger partial charge in [-0.05, 0) is 23.9 Å². The van der Waals surface area contributed by atoms with E-state index in [9.17, 15) is 4.79 Å². The molecule has 0 spiro atoms. The summed E-state index contributed by atoms with van der Waals surface area (Å²) in [7, 11) is 0. The molecule has 76 valence electrons. The van der Waals surface area contributed by atoms with Crippen LogP contribution < -0.4 is 0 Å². The maximum Gasteiger partial charge on any atom is 0.309 e. The summed E-state index contributed by atoms with van der Waals surface area (Å²) in [5, 5.41) is 10.8. The Balaban J connectivity index is 1.85. The Hall–Kier alpha value is -0.870. The van der Waals surface area contributed by atoms with E-state index in [-0.39, 0.29) is 5.92 Å².